The van der Waals surface area contributed by atoms with E-state index in [-0.39, 0.29) is 5.78 Å². The number of aromatic nitrogens is 3. The lowest BCUT2D eigenvalue weighted by Gasteiger charge is -2.19. The van der Waals surface area contributed by atoms with Gasteiger partial charge in [0.2, 0.25) is 0 Å². The second-order valence-corrected chi connectivity index (χ2v) is 6.43. The number of allylic oxidation sites excluding steroid dienone is 1. The number of carbonyl (C=O) groups excluding carboxylic acids is 1. The summed E-state index contributed by atoms with van der Waals surface area (Å²) in [7, 11) is 3.99. The Bertz CT molecular complexity index is 662. The third kappa shape index (κ3) is 3.61. The lowest BCUT2D eigenvalue weighted by atomic mass is 9.88. The summed E-state index contributed by atoms with van der Waals surface area (Å²) in [6.07, 6.45) is 4.82. The van der Waals surface area contributed by atoms with Crippen molar-refractivity contribution in [2.24, 2.45) is 5.41 Å². The number of hydrogen-bond donors (Lipinski definition) is 0. The van der Waals surface area contributed by atoms with Gasteiger partial charge in [0.25, 0.3) is 0 Å². The molecule has 0 unspecified atom stereocenters. The highest BCUT2D eigenvalue weighted by molar-refractivity contribution is 6.21. The van der Waals surface area contributed by atoms with Gasteiger partial charge in [0.05, 0.1) is 0 Å². The van der Waals surface area contributed by atoms with Gasteiger partial charge >= 0.3 is 0 Å². The number of benzene rings is 1. The molecular weight excluding hydrogens is 276 g/mol. The second kappa shape index (κ2) is 6.13. The summed E-state index contributed by atoms with van der Waals surface area (Å²) in [5, 5.41) is 4.10. The van der Waals surface area contributed by atoms with Crippen molar-refractivity contribution in [1.82, 2.24) is 14.8 Å². The van der Waals surface area contributed by atoms with E-state index in [1.54, 1.807) is 6.33 Å². The van der Waals surface area contributed by atoms with Crippen molar-refractivity contribution in [3.8, 4) is 0 Å². The van der Waals surface area contributed by atoms with Crippen LogP contribution in [0, 0.1) is 5.41 Å². The van der Waals surface area contributed by atoms with Crippen LogP contribution >= 0.6 is 0 Å². The van der Waals surface area contributed by atoms with Gasteiger partial charge in [-0.3, -0.25) is 4.79 Å². The van der Waals surface area contributed by atoms with E-state index in [1.807, 2.05) is 70.1 Å². The highest BCUT2D eigenvalue weighted by Crippen LogP contribution is 2.24. The maximum Gasteiger partial charge on any atom is 0.186 e. The molecule has 5 nitrogen and oxygen atoms in total. The molecular formula is C17H22N4O. The first kappa shape index (κ1) is 15.9. The van der Waals surface area contributed by atoms with Crippen molar-refractivity contribution in [1.29, 1.82) is 0 Å². The average molecular weight is 298 g/mol. The fourth-order valence-corrected chi connectivity index (χ4v) is 1.98. The van der Waals surface area contributed by atoms with Crippen LogP contribution < -0.4 is 4.90 Å². The number of hydrogen-bond acceptors (Lipinski definition) is 4. The molecule has 0 N–H and O–H groups in total. The van der Waals surface area contributed by atoms with E-state index in [2.05, 4.69) is 10.1 Å². The van der Waals surface area contributed by atoms with Gasteiger partial charge in [0, 0.05) is 25.2 Å². The van der Waals surface area contributed by atoms with Crippen molar-refractivity contribution in [2.45, 2.75) is 20.8 Å². The monoisotopic (exact) mass is 298 g/mol. The van der Waals surface area contributed by atoms with Crippen molar-refractivity contribution >= 4 is 23.2 Å². The lowest BCUT2D eigenvalue weighted by molar-refractivity contribution is -0.120. The zero-order valence-corrected chi connectivity index (χ0v) is 13.7. The fourth-order valence-electron chi connectivity index (χ4n) is 1.98. The molecule has 0 aliphatic rings. The third-order valence-corrected chi connectivity index (χ3v) is 3.29. The molecule has 0 spiro atoms. The Morgan fingerprint density at radius 2 is 1.82 bits per heavy atom. The number of ketones is 1. The zero-order chi connectivity index (χ0) is 16.3. The van der Waals surface area contributed by atoms with Gasteiger partial charge in [0.15, 0.2) is 5.78 Å². The minimum Gasteiger partial charge on any atom is -0.378 e. The SMILES string of the molecule is CN(C)c1ccc(/C=C(\C(=O)C(C)(C)C)n2cncn2)cc1. The minimum atomic E-state index is -0.485. The van der Waals surface area contributed by atoms with Gasteiger partial charge in [0.1, 0.15) is 18.4 Å². The molecule has 0 amide bonds. The standard InChI is InChI=1S/C17H22N4O/c1-17(2,3)16(22)15(21-12-18-11-19-21)10-13-6-8-14(9-7-13)20(4)5/h6-12H,1-5H3/b15-10+. The van der Waals surface area contributed by atoms with Crippen LogP contribution in [-0.4, -0.2) is 34.6 Å². The van der Waals surface area contributed by atoms with E-state index in [0.29, 0.717) is 5.70 Å². The van der Waals surface area contributed by atoms with Gasteiger partial charge in [-0.2, -0.15) is 5.10 Å². The molecule has 2 rings (SSSR count). The van der Waals surface area contributed by atoms with Crippen molar-refractivity contribution < 1.29 is 4.79 Å². The van der Waals surface area contributed by atoms with Gasteiger partial charge in [-0.1, -0.05) is 32.9 Å². The molecule has 22 heavy (non-hydrogen) atoms. The van der Waals surface area contributed by atoms with Gasteiger partial charge in [-0.05, 0) is 23.8 Å². The molecule has 0 aliphatic carbocycles. The first-order chi connectivity index (χ1) is 10.3. The number of rotatable bonds is 4. The van der Waals surface area contributed by atoms with Crippen LogP contribution in [0.1, 0.15) is 26.3 Å². The van der Waals surface area contributed by atoms with Crippen LogP contribution in [0.15, 0.2) is 36.9 Å². The number of Topliss-reactive ketones (excluding diaryl/α,β-unsaturated/α-hetero) is 1. The smallest absolute Gasteiger partial charge is 0.186 e. The van der Waals surface area contributed by atoms with Crippen LogP contribution in [0.25, 0.3) is 11.8 Å². The molecule has 0 saturated carbocycles. The van der Waals surface area contributed by atoms with E-state index in [4.69, 9.17) is 0 Å². The third-order valence-electron chi connectivity index (χ3n) is 3.29. The molecule has 0 radical (unpaired) electrons. The molecule has 5 heteroatoms. The van der Waals surface area contributed by atoms with E-state index < -0.39 is 5.41 Å². The zero-order valence-electron chi connectivity index (χ0n) is 13.7. The molecule has 0 bridgehead atoms. The molecule has 2 aromatic rings. The number of carbonyl (C=O) groups is 1. The predicted molar refractivity (Wildman–Crippen MR) is 89.4 cm³/mol. The van der Waals surface area contributed by atoms with Gasteiger partial charge in [-0.15, -0.1) is 0 Å². The molecule has 0 saturated heterocycles. The highest BCUT2D eigenvalue weighted by atomic mass is 16.1. The predicted octanol–water partition coefficient (Wildman–Crippen LogP) is 2.96. The minimum absolute atomic E-state index is 0.0229. The Balaban J connectivity index is 2.43. The van der Waals surface area contributed by atoms with Crippen LogP contribution in [-0.2, 0) is 4.79 Å². The van der Waals surface area contributed by atoms with Gasteiger partial charge < -0.3 is 4.90 Å². The normalized spacial score (nSPS) is 12.3. The Hall–Kier alpha value is -2.43. The number of nitrogens with zero attached hydrogens (tertiary/aromatic N) is 4. The van der Waals surface area contributed by atoms with E-state index >= 15 is 0 Å². The Kier molecular flexibility index (Phi) is 4.45. The highest BCUT2D eigenvalue weighted by Gasteiger charge is 2.26. The van der Waals surface area contributed by atoms with Crippen molar-refractivity contribution in [3.05, 3.63) is 42.5 Å². The fraction of sp³-hybridized carbons (Fsp3) is 0.353. The Morgan fingerprint density at radius 3 is 2.27 bits per heavy atom. The number of anilines is 1. The van der Waals surface area contributed by atoms with Crippen molar-refractivity contribution in [2.75, 3.05) is 19.0 Å². The van der Waals surface area contributed by atoms with Crippen LogP contribution in [0.2, 0.25) is 0 Å². The molecule has 116 valence electrons. The Morgan fingerprint density at radius 1 is 1.18 bits per heavy atom. The second-order valence-electron chi connectivity index (χ2n) is 6.43. The summed E-state index contributed by atoms with van der Waals surface area (Å²) >= 11 is 0. The van der Waals surface area contributed by atoms with Crippen LogP contribution in [0.5, 0.6) is 0 Å². The topological polar surface area (TPSA) is 51.0 Å². The quantitative estimate of drug-likeness (QED) is 0.814. The maximum absolute atomic E-state index is 12.7. The first-order valence-corrected chi connectivity index (χ1v) is 7.18. The summed E-state index contributed by atoms with van der Waals surface area (Å²) in [5.74, 6) is 0.0229. The molecule has 0 aliphatic heterocycles. The van der Waals surface area contributed by atoms with E-state index in [1.165, 1.54) is 11.0 Å². The summed E-state index contributed by atoms with van der Waals surface area (Å²) in [6, 6.07) is 8.02. The average Bonchev–Trinajstić information content (AvgIpc) is 2.97. The summed E-state index contributed by atoms with van der Waals surface area (Å²) in [5.41, 5.74) is 2.10. The largest absolute Gasteiger partial charge is 0.378 e. The summed E-state index contributed by atoms with van der Waals surface area (Å²) in [4.78, 5) is 18.7. The van der Waals surface area contributed by atoms with E-state index in [0.717, 1.165) is 11.3 Å². The first-order valence-electron chi connectivity index (χ1n) is 7.18. The summed E-state index contributed by atoms with van der Waals surface area (Å²) < 4.78 is 1.52. The lowest BCUT2D eigenvalue weighted by Crippen LogP contribution is -2.24. The molecule has 1 aromatic heterocycles. The molecule has 0 atom stereocenters. The molecule has 0 fully saturated rings. The maximum atomic E-state index is 12.7. The summed E-state index contributed by atoms with van der Waals surface area (Å²) in [6.45, 7) is 5.69. The van der Waals surface area contributed by atoms with Crippen LogP contribution in [0.4, 0.5) is 5.69 Å². The van der Waals surface area contributed by atoms with Crippen LogP contribution in [0.3, 0.4) is 0 Å². The Labute approximate surface area is 131 Å². The molecule has 1 heterocycles. The molecule has 1 aromatic carbocycles. The van der Waals surface area contributed by atoms with Crippen molar-refractivity contribution in [3.63, 3.8) is 0 Å². The van der Waals surface area contributed by atoms with E-state index in [9.17, 15) is 4.79 Å². The van der Waals surface area contributed by atoms with Gasteiger partial charge in [-0.25, -0.2) is 9.67 Å².